The summed E-state index contributed by atoms with van der Waals surface area (Å²) in [6, 6.07) is 17.8. The molecule has 0 saturated heterocycles. The van der Waals surface area contributed by atoms with Gasteiger partial charge in [-0.2, -0.15) is 0 Å². The van der Waals surface area contributed by atoms with E-state index in [1.807, 2.05) is 12.1 Å². The second kappa shape index (κ2) is 10.9. The zero-order valence-corrected chi connectivity index (χ0v) is 14.8. The summed E-state index contributed by atoms with van der Waals surface area (Å²) in [6.07, 6.45) is 0. The minimum atomic E-state index is -0.291. The van der Waals surface area contributed by atoms with Crippen LogP contribution in [-0.2, 0) is 9.47 Å². The summed E-state index contributed by atoms with van der Waals surface area (Å²) in [4.78, 5) is 21.6. The Morgan fingerprint density at radius 2 is 0.952 bits per heavy atom. The molecule has 4 radical (unpaired) electrons. The summed E-state index contributed by atoms with van der Waals surface area (Å²) in [6.45, 7) is 0. The predicted molar refractivity (Wildman–Crippen MR) is 81.3 cm³/mol. The van der Waals surface area contributed by atoms with Crippen molar-refractivity contribution in [3.63, 3.8) is 0 Å². The number of carbonyl (C=O) groups is 2. The maximum Gasteiger partial charge on any atom is 0.337 e. The molecule has 0 amide bonds. The first kappa shape index (κ1) is 19.2. The molecular formula is C16H16O4Sn. The quantitative estimate of drug-likeness (QED) is 0.584. The van der Waals surface area contributed by atoms with E-state index in [4.69, 9.17) is 0 Å². The second-order valence-corrected chi connectivity index (χ2v) is 3.72. The van der Waals surface area contributed by atoms with Gasteiger partial charge in [0.2, 0.25) is 0 Å². The molecule has 0 N–H and O–H groups in total. The third kappa shape index (κ3) is 6.94. The SMILES string of the molecule is COC(=O)c1ccccc1.COC(=O)c1ccccc1.[Sn]. The predicted octanol–water partition coefficient (Wildman–Crippen LogP) is 2.57. The fourth-order valence-corrected chi connectivity index (χ4v) is 1.38. The average molecular weight is 391 g/mol. The van der Waals surface area contributed by atoms with Gasteiger partial charge < -0.3 is 9.47 Å². The molecule has 0 heterocycles. The largest absolute Gasteiger partial charge is 0.465 e. The number of ether oxygens (including phenoxy) is 2. The molecule has 108 valence electrons. The average Bonchev–Trinajstić information content (AvgIpc) is 2.55. The van der Waals surface area contributed by atoms with Crippen LogP contribution in [0.25, 0.3) is 0 Å². The Bertz CT molecular complexity index is 489. The van der Waals surface area contributed by atoms with Crippen LogP contribution < -0.4 is 0 Å². The van der Waals surface area contributed by atoms with Crippen LogP contribution in [0.4, 0.5) is 0 Å². The van der Waals surface area contributed by atoms with E-state index < -0.39 is 0 Å². The molecule has 0 unspecified atom stereocenters. The molecule has 4 nitrogen and oxygen atoms in total. The summed E-state index contributed by atoms with van der Waals surface area (Å²) >= 11 is 0. The first-order valence-electron chi connectivity index (χ1n) is 5.95. The monoisotopic (exact) mass is 392 g/mol. The fourth-order valence-electron chi connectivity index (χ4n) is 1.38. The van der Waals surface area contributed by atoms with Gasteiger partial charge in [-0.1, -0.05) is 36.4 Å². The van der Waals surface area contributed by atoms with Gasteiger partial charge in [0.25, 0.3) is 0 Å². The first-order chi connectivity index (χ1) is 9.69. The molecule has 0 spiro atoms. The summed E-state index contributed by atoms with van der Waals surface area (Å²) < 4.78 is 8.99. The molecule has 0 bridgehead atoms. The van der Waals surface area contributed by atoms with E-state index in [-0.39, 0.29) is 35.8 Å². The number of hydrogen-bond acceptors (Lipinski definition) is 4. The Balaban J connectivity index is 0.000000364. The van der Waals surface area contributed by atoms with Crippen molar-refractivity contribution >= 4 is 35.8 Å². The third-order valence-corrected chi connectivity index (χ3v) is 2.39. The maximum atomic E-state index is 10.8. The van der Waals surface area contributed by atoms with E-state index in [0.717, 1.165) is 0 Å². The van der Waals surface area contributed by atoms with Gasteiger partial charge in [0, 0.05) is 23.9 Å². The van der Waals surface area contributed by atoms with E-state index in [1.54, 1.807) is 48.5 Å². The summed E-state index contributed by atoms with van der Waals surface area (Å²) in [5.41, 5.74) is 1.18. The Morgan fingerprint density at radius 3 is 1.19 bits per heavy atom. The van der Waals surface area contributed by atoms with Crippen LogP contribution in [0.15, 0.2) is 60.7 Å². The molecule has 0 aliphatic rings. The molecule has 2 aromatic carbocycles. The van der Waals surface area contributed by atoms with Crippen molar-refractivity contribution in [2.75, 3.05) is 14.2 Å². The standard InChI is InChI=1S/2C8H8O2.Sn/c2*1-10-8(9)7-5-3-2-4-6-7;/h2*2-6H,1H3;. The molecule has 21 heavy (non-hydrogen) atoms. The number of benzene rings is 2. The van der Waals surface area contributed by atoms with Crippen LogP contribution in [-0.4, -0.2) is 50.1 Å². The molecule has 0 aromatic heterocycles. The molecule has 5 heteroatoms. The van der Waals surface area contributed by atoms with Crippen molar-refractivity contribution in [2.24, 2.45) is 0 Å². The van der Waals surface area contributed by atoms with E-state index in [0.29, 0.717) is 11.1 Å². The number of rotatable bonds is 2. The van der Waals surface area contributed by atoms with Gasteiger partial charge in [-0.3, -0.25) is 0 Å². The first-order valence-corrected chi connectivity index (χ1v) is 5.95. The van der Waals surface area contributed by atoms with Crippen LogP contribution in [0.3, 0.4) is 0 Å². The van der Waals surface area contributed by atoms with E-state index in [1.165, 1.54) is 14.2 Å². The van der Waals surface area contributed by atoms with Crippen LogP contribution in [0, 0.1) is 0 Å². The van der Waals surface area contributed by atoms with Crippen molar-refractivity contribution in [1.82, 2.24) is 0 Å². The molecule has 2 aromatic rings. The topological polar surface area (TPSA) is 52.6 Å². The molecular weight excluding hydrogens is 375 g/mol. The normalized spacial score (nSPS) is 8.48. The van der Waals surface area contributed by atoms with Crippen LogP contribution >= 0.6 is 0 Å². The third-order valence-electron chi connectivity index (χ3n) is 2.39. The minimum absolute atomic E-state index is 0. The molecule has 0 saturated carbocycles. The van der Waals surface area contributed by atoms with Gasteiger partial charge in [-0.25, -0.2) is 9.59 Å². The Morgan fingerprint density at radius 1 is 0.667 bits per heavy atom. The zero-order chi connectivity index (χ0) is 14.8. The van der Waals surface area contributed by atoms with Gasteiger partial charge in [0.1, 0.15) is 0 Å². The fraction of sp³-hybridized carbons (Fsp3) is 0.125. The van der Waals surface area contributed by atoms with E-state index in [2.05, 4.69) is 9.47 Å². The van der Waals surface area contributed by atoms with Crippen molar-refractivity contribution < 1.29 is 19.1 Å². The minimum Gasteiger partial charge on any atom is -0.465 e. The van der Waals surface area contributed by atoms with Gasteiger partial charge >= 0.3 is 11.9 Å². The van der Waals surface area contributed by atoms with Crippen molar-refractivity contribution in [3.8, 4) is 0 Å². The van der Waals surface area contributed by atoms with Crippen molar-refractivity contribution in [3.05, 3.63) is 71.8 Å². The van der Waals surface area contributed by atoms with Crippen molar-refractivity contribution in [2.45, 2.75) is 0 Å². The molecule has 2 rings (SSSR count). The van der Waals surface area contributed by atoms with E-state index >= 15 is 0 Å². The Kier molecular flexibility index (Phi) is 9.96. The Labute approximate surface area is 141 Å². The van der Waals surface area contributed by atoms with Gasteiger partial charge in [0.15, 0.2) is 0 Å². The molecule has 0 aliphatic carbocycles. The molecule has 0 aliphatic heterocycles. The van der Waals surface area contributed by atoms with Crippen LogP contribution in [0.2, 0.25) is 0 Å². The number of esters is 2. The van der Waals surface area contributed by atoms with Gasteiger partial charge in [0.05, 0.1) is 25.3 Å². The van der Waals surface area contributed by atoms with Gasteiger partial charge in [-0.05, 0) is 24.3 Å². The Hall–Kier alpha value is -1.82. The van der Waals surface area contributed by atoms with E-state index in [9.17, 15) is 9.59 Å². The number of carbonyl (C=O) groups excluding carboxylic acids is 2. The summed E-state index contributed by atoms with van der Waals surface area (Å²) in [7, 11) is 2.74. The smallest absolute Gasteiger partial charge is 0.337 e. The molecule has 0 fully saturated rings. The van der Waals surface area contributed by atoms with Crippen LogP contribution in [0.5, 0.6) is 0 Å². The number of methoxy groups -OCH3 is 2. The summed E-state index contributed by atoms with van der Waals surface area (Å²) in [5, 5.41) is 0. The number of hydrogen-bond donors (Lipinski definition) is 0. The van der Waals surface area contributed by atoms with Crippen molar-refractivity contribution in [1.29, 1.82) is 0 Å². The maximum absolute atomic E-state index is 10.8. The molecule has 0 atom stereocenters. The van der Waals surface area contributed by atoms with Gasteiger partial charge in [-0.15, -0.1) is 0 Å². The zero-order valence-electron chi connectivity index (χ0n) is 11.9. The second-order valence-electron chi connectivity index (χ2n) is 3.72. The summed E-state index contributed by atoms with van der Waals surface area (Å²) in [5.74, 6) is -0.582. The van der Waals surface area contributed by atoms with Crippen LogP contribution in [0.1, 0.15) is 20.7 Å².